The molecule has 1 heterocycles. The minimum absolute atomic E-state index is 0.242. The number of aryl methyl sites for hydroxylation is 1. The molecule has 0 aliphatic carbocycles. The van der Waals surface area contributed by atoms with Crippen LogP contribution in [0.25, 0.3) is 0 Å². The molecule has 0 aromatic heterocycles. The van der Waals surface area contributed by atoms with Crippen molar-refractivity contribution in [2.24, 2.45) is 5.92 Å². The Balaban J connectivity index is 1.73. The zero-order valence-corrected chi connectivity index (χ0v) is 12.2. The van der Waals surface area contributed by atoms with Gasteiger partial charge in [0.2, 0.25) is 0 Å². The standard InChI is InChI=1S/C16H25NO3/c1-13-4-2-6-16(8-13)20-12-15(19)10-17-7-3-5-14(9-17)11-18/h2,4,6,8,14-15,18-19H,3,5,7,9-12H2,1H3. The molecular weight excluding hydrogens is 254 g/mol. The van der Waals surface area contributed by atoms with E-state index in [4.69, 9.17) is 4.74 Å². The average molecular weight is 279 g/mol. The summed E-state index contributed by atoms with van der Waals surface area (Å²) in [4.78, 5) is 2.22. The number of rotatable bonds is 6. The number of aliphatic hydroxyl groups is 2. The molecule has 1 aromatic carbocycles. The van der Waals surface area contributed by atoms with Crippen molar-refractivity contribution in [2.45, 2.75) is 25.9 Å². The van der Waals surface area contributed by atoms with Crippen LogP contribution in [0.15, 0.2) is 24.3 Å². The molecule has 1 aliphatic heterocycles. The summed E-state index contributed by atoms with van der Waals surface area (Å²) in [7, 11) is 0. The van der Waals surface area contributed by atoms with E-state index in [2.05, 4.69) is 4.90 Å². The fraction of sp³-hybridized carbons (Fsp3) is 0.625. The molecule has 0 saturated carbocycles. The maximum Gasteiger partial charge on any atom is 0.119 e. The number of hydrogen-bond donors (Lipinski definition) is 2. The Morgan fingerprint density at radius 2 is 2.30 bits per heavy atom. The van der Waals surface area contributed by atoms with E-state index in [1.54, 1.807) is 0 Å². The van der Waals surface area contributed by atoms with Gasteiger partial charge in [0.05, 0.1) is 0 Å². The largest absolute Gasteiger partial charge is 0.491 e. The normalized spacial score (nSPS) is 21.6. The summed E-state index contributed by atoms with van der Waals surface area (Å²) < 4.78 is 5.62. The van der Waals surface area contributed by atoms with E-state index in [1.165, 1.54) is 0 Å². The second kappa shape index (κ2) is 7.62. The van der Waals surface area contributed by atoms with E-state index in [0.717, 1.165) is 37.2 Å². The molecule has 2 N–H and O–H groups in total. The molecule has 0 radical (unpaired) electrons. The van der Waals surface area contributed by atoms with Gasteiger partial charge in [0.1, 0.15) is 18.5 Å². The molecule has 1 saturated heterocycles. The first-order chi connectivity index (χ1) is 9.67. The number of nitrogens with zero attached hydrogens (tertiary/aromatic N) is 1. The Hall–Kier alpha value is -1.10. The van der Waals surface area contributed by atoms with Crippen LogP contribution in [-0.4, -0.2) is 54.1 Å². The minimum atomic E-state index is -0.493. The van der Waals surface area contributed by atoms with E-state index in [9.17, 15) is 10.2 Å². The van der Waals surface area contributed by atoms with E-state index < -0.39 is 6.10 Å². The summed E-state index contributed by atoms with van der Waals surface area (Å²) in [5.74, 6) is 1.16. The second-order valence-corrected chi connectivity index (χ2v) is 5.73. The van der Waals surface area contributed by atoms with Crippen molar-refractivity contribution < 1.29 is 14.9 Å². The SMILES string of the molecule is Cc1cccc(OCC(O)CN2CCCC(CO)C2)c1. The quantitative estimate of drug-likeness (QED) is 0.827. The minimum Gasteiger partial charge on any atom is -0.491 e. The van der Waals surface area contributed by atoms with Gasteiger partial charge in [-0.05, 0) is 49.9 Å². The Labute approximate surface area is 121 Å². The Bertz CT molecular complexity index is 410. The maximum atomic E-state index is 10.1. The smallest absolute Gasteiger partial charge is 0.119 e. The van der Waals surface area contributed by atoms with Crippen LogP contribution in [0.3, 0.4) is 0 Å². The lowest BCUT2D eigenvalue weighted by Gasteiger charge is -2.33. The third-order valence-electron chi connectivity index (χ3n) is 3.76. The number of aliphatic hydroxyl groups excluding tert-OH is 2. The van der Waals surface area contributed by atoms with Gasteiger partial charge in [-0.3, -0.25) is 0 Å². The van der Waals surface area contributed by atoms with Gasteiger partial charge < -0.3 is 19.8 Å². The first-order valence-corrected chi connectivity index (χ1v) is 7.38. The number of benzene rings is 1. The molecule has 112 valence electrons. The highest BCUT2D eigenvalue weighted by molar-refractivity contribution is 5.27. The lowest BCUT2D eigenvalue weighted by molar-refractivity contribution is 0.0431. The Kier molecular flexibility index (Phi) is 5.83. The molecule has 2 atom stereocenters. The molecule has 1 fully saturated rings. The molecule has 0 bridgehead atoms. The molecule has 1 aliphatic rings. The summed E-state index contributed by atoms with van der Waals surface area (Å²) in [6.45, 7) is 5.06. The van der Waals surface area contributed by atoms with Crippen molar-refractivity contribution in [1.82, 2.24) is 4.90 Å². The average Bonchev–Trinajstić information content (AvgIpc) is 2.45. The molecular formula is C16H25NO3. The zero-order chi connectivity index (χ0) is 14.4. The topological polar surface area (TPSA) is 52.9 Å². The van der Waals surface area contributed by atoms with Crippen LogP contribution in [0.1, 0.15) is 18.4 Å². The van der Waals surface area contributed by atoms with Gasteiger partial charge in [-0.1, -0.05) is 12.1 Å². The van der Waals surface area contributed by atoms with Gasteiger partial charge >= 0.3 is 0 Å². The highest BCUT2D eigenvalue weighted by Gasteiger charge is 2.21. The highest BCUT2D eigenvalue weighted by atomic mass is 16.5. The third-order valence-corrected chi connectivity index (χ3v) is 3.76. The van der Waals surface area contributed by atoms with Crippen LogP contribution in [0.5, 0.6) is 5.75 Å². The van der Waals surface area contributed by atoms with Gasteiger partial charge in [0, 0.05) is 19.7 Å². The van der Waals surface area contributed by atoms with Crippen LogP contribution >= 0.6 is 0 Å². The predicted molar refractivity (Wildman–Crippen MR) is 78.9 cm³/mol. The van der Waals surface area contributed by atoms with Gasteiger partial charge in [-0.15, -0.1) is 0 Å². The van der Waals surface area contributed by atoms with E-state index in [-0.39, 0.29) is 6.61 Å². The second-order valence-electron chi connectivity index (χ2n) is 5.73. The first kappa shape index (κ1) is 15.3. The Morgan fingerprint density at radius 1 is 1.45 bits per heavy atom. The van der Waals surface area contributed by atoms with Crippen LogP contribution in [0.4, 0.5) is 0 Å². The zero-order valence-electron chi connectivity index (χ0n) is 12.2. The van der Waals surface area contributed by atoms with Crippen molar-refractivity contribution in [2.75, 3.05) is 32.8 Å². The highest BCUT2D eigenvalue weighted by Crippen LogP contribution is 2.16. The summed E-state index contributed by atoms with van der Waals surface area (Å²) in [5.41, 5.74) is 1.15. The summed E-state index contributed by atoms with van der Waals surface area (Å²) in [6, 6.07) is 7.84. The van der Waals surface area contributed by atoms with Crippen molar-refractivity contribution >= 4 is 0 Å². The monoisotopic (exact) mass is 279 g/mol. The van der Waals surface area contributed by atoms with Gasteiger partial charge in [-0.2, -0.15) is 0 Å². The number of β-amino-alcohol motifs (C(OH)–C–C–N with tert-alkyl or cyclic N) is 1. The van der Waals surface area contributed by atoms with Crippen molar-refractivity contribution in [3.05, 3.63) is 29.8 Å². The number of likely N-dealkylation sites (tertiary alicyclic amines) is 1. The van der Waals surface area contributed by atoms with Crippen molar-refractivity contribution in [1.29, 1.82) is 0 Å². The molecule has 0 amide bonds. The maximum absolute atomic E-state index is 10.1. The number of hydrogen-bond acceptors (Lipinski definition) is 4. The molecule has 2 unspecified atom stereocenters. The van der Waals surface area contributed by atoms with Crippen LogP contribution in [0, 0.1) is 12.8 Å². The van der Waals surface area contributed by atoms with Crippen LogP contribution in [0.2, 0.25) is 0 Å². The summed E-state index contributed by atoms with van der Waals surface area (Å²) >= 11 is 0. The van der Waals surface area contributed by atoms with Gasteiger partial charge in [0.25, 0.3) is 0 Å². The van der Waals surface area contributed by atoms with E-state index >= 15 is 0 Å². The van der Waals surface area contributed by atoms with E-state index in [0.29, 0.717) is 19.1 Å². The predicted octanol–water partition coefficient (Wildman–Crippen LogP) is 1.44. The first-order valence-electron chi connectivity index (χ1n) is 7.38. The van der Waals surface area contributed by atoms with Crippen LogP contribution < -0.4 is 4.74 Å². The molecule has 4 nitrogen and oxygen atoms in total. The number of ether oxygens (including phenoxy) is 1. The number of piperidine rings is 1. The molecule has 1 aromatic rings. The van der Waals surface area contributed by atoms with Gasteiger partial charge in [0.15, 0.2) is 0 Å². The van der Waals surface area contributed by atoms with Crippen LogP contribution in [-0.2, 0) is 0 Å². The molecule has 2 rings (SSSR count). The van der Waals surface area contributed by atoms with Gasteiger partial charge in [-0.25, -0.2) is 0 Å². The molecule has 4 heteroatoms. The van der Waals surface area contributed by atoms with E-state index in [1.807, 2.05) is 31.2 Å². The fourth-order valence-electron chi connectivity index (χ4n) is 2.71. The summed E-state index contributed by atoms with van der Waals surface area (Å²) in [5, 5.41) is 19.3. The fourth-order valence-corrected chi connectivity index (χ4v) is 2.71. The molecule has 0 spiro atoms. The Morgan fingerprint density at radius 3 is 3.05 bits per heavy atom. The lowest BCUT2D eigenvalue weighted by Crippen LogP contribution is -2.42. The molecule has 20 heavy (non-hydrogen) atoms. The third kappa shape index (κ3) is 4.78. The summed E-state index contributed by atoms with van der Waals surface area (Å²) in [6.07, 6.45) is 1.69. The van der Waals surface area contributed by atoms with Crippen molar-refractivity contribution in [3.8, 4) is 5.75 Å². The van der Waals surface area contributed by atoms with Crippen molar-refractivity contribution in [3.63, 3.8) is 0 Å². The lowest BCUT2D eigenvalue weighted by atomic mass is 9.99.